The molecule has 3 rings (SSSR count). The van der Waals surface area contributed by atoms with E-state index in [0.717, 1.165) is 11.6 Å². The highest BCUT2D eigenvalue weighted by molar-refractivity contribution is 8.01. The number of hydrogen-bond acceptors (Lipinski definition) is 2. The molecule has 1 heterocycles. The first kappa shape index (κ1) is 15.9. The number of carbonyl (C=O) groups excluding carboxylic acids is 1. The number of anilines is 1. The summed E-state index contributed by atoms with van der Waals surface area (Å²) in [4.78, 5) is 13.8. The Morgan fingerprint density at radius 1 is 1.00 bits per heavy atom. The lowest BCUT2D eigenvalue weighted by Gasteiger charge is -2.27. The molecule has 2 aromatic carbocycles. The maximum Gasteiger partial charge on any atom is 0.418 e. The summed E-state index contributed by atoms with van der Waals surface area (Å²) in [5, 5.41) is -0.844. The van der Waals surface area contributed by atoms with E-state index in [0.29, 0.717) is 0 Å². The van der Waals surface area contributed by atoms with E-state index < -0.39 is 17.1 Å². The highest BCUT2D eigenvalue weighted by atomic mass is 32.2. The van der Waals surface area contributed by atoms with Crippen molar-refractivity contribution in [2.24, 2.45) is 0 Å². The van der Waals surface area contributed by atoms with Gasteiger partial charge in [0.15, 0.2) is 0 Å². The predicted octanol–water partition coefficient (Wildman–Crippen LogP) is 4.87. The van der Waals surface area contributed by atoms with Gasteiger partial charge in [0.2, 0.25) is 5.91 Å². The molecule has 23 heavy (non-hydrogen) atoms. The van der Waals surface area contributed by atoms with E-state index in [1.165, 1.54) is 34.9 Å². The van der Waals surface area contributed by atoms with Gasteiger partial charge in [-0.15, -0.1) is 11.8 Å². The molecule has 120 valence electrons. The predicted molar refractivity (Wildman–Crippen MR) is 85.2 cm³/mol. The molecule has 6 heteroatoms. The highest BCUT2D eigenvalue weighted by Crippen LogP contribution is 2.48. The van der Waals surface area contributed by atoms with Crippen molar-refractivity contribution >= 4 is 23.4 Å². The van der Waals surface area contributed by atoms with Crippen molar-refractivity contribution in [2.75, 3.05) is 4.90 Å². The van der Waals surface area contributed by atoms with Crippen molar-refractivity contribution in [3.05, 3.63) is 65.7 Å². The minimum atomic E-state index is -4.51. The van der Waals surface area contributed by atoms with Crippen LogP contribution in [0, 0.1) is 0 Å². The van der Waals surface area contributed by atoms with Crippen LogP contribution >= 0.6 is 11.8 Å². The zero-order valence-electron chi connectivity index (χ0n) is 12.2. The van der Waals surface area contributed by atoms with E-state index in [2.05, 4.69) is 0 Å². The molecule has 2 atom stereocenters. The Balaban J connectivity index is 2.11. The van der Waals surface area contributed by atoms with E-state index in [1.807, 2.05) is 30.3 Å². The lowest BCUT2D eigenvalue weighted by Crippen LogP contribution is -2.32. The van der Waals surface area contributed by atoms with Gasteiger partial charge in [-0.25, -0.2) is 0 Å². The molecule has 2 nitrogen and oxygen atoms in total. The highest BCUT2D eigenvalue weighted by Gasteiger charge is 2.43. The van der Waals surface area contributed by atoms with Crippen LogP contribution in [0.2, 0.25) is 0 Å². The molecule has 1 saturated heterocycles. The average Bonchev–Trinajstić information content (AvgIpc) is 2.83. The molecule has 0 bridgehead atoms. The van der Waals surface area contributed by atoms with Crippen LogP contribution < -0.4 is 4.90 Å². The van der Waals surface area contributed by atoms with Crippen molar-refractivity contribution in [3.63, 3.8) is 0 Å². The van der Waals surface area contributed by atoms with Gasteiger partial charge in [0, 0.05) is 0 Å². The molecule has 0 spiro atoms. The number of nitrogens with zero attached hydrogens (tertiary/aromatic N) is 1. The van der Waals surface area contributed by atoms with Crippen molar-refractivity contribution in [2.45, 2.75) is 23.7 Å². The molecule has 0 saturated carbocycles. The number of thioether (sulfide) groups is 1. The first-order valence-electron chi connectivity index (χ1n) is 7.09. The van der Waals surface area contributed by atoms with Gasteiger partial charge in [0.05, 0.1) is 16.5 Å². The van der Waals surface area contributed by atoms with E-state index in [9.17, 15) is 18.0 Å². The SMILES string of the molecule is CC1SC(c2ccccc2)N(c2ccccc2C(F)(F)F)C1=O. The first-order chi connectivity index (χ1) is 10.9. The van der Waals surface area contributed by atoms with Crippen molar-refractivity contribution < 1.29 is 18.0 Å². The number of carbonyl (C=O) groups is 1. The van der Waals surface area contributed by atoms with Crippen LogP contribution in [0.15, 0.2) is 54.6 Å². The van der Waals surface area contributed by atoms with Crippen molar-refractivity contribution in [3.8, 4) is 0 Å². The Labute approximate surface area is 136 Å². The summed E-state index contributed by atoms with van der Waals surface area (Å²) in [5.74, 6) is -0.305. The maximum atomic E-state index is 13.3. The van der Waals surface area contributed by atoms with Gasteiger partial charge in [-0.3, -0.25) is 9.69 Å². The molecule has 1 amide bonds. The minimum Gasteiger partial charge on any atom is -0.294 e. The fourth-order valence-electron chi connectivity index (χ4n) is 2.64. The Morgan fingerprint density at radius 3 is 2.26 bits per heavy atom. The van der Waals surface area contributed by atoms with Crippen LogP contribution in [0.4, 0.5) is 18.9 Å². The first-order valence-corrected chi connectivity index (χ1v) is 8.03. The van der Waals surface area contributed by atoms with Crippen LogP contribution in [-0.4, -0.2) is 11.2 Å². The number of rotatable bonds is 2. The molecule has 2 unspecified atom stereocenters. The smallest absolute Gasteiger partial charge is 0.294 e. The van der Waals surface area contributed by atoms with Gasteiger partial charge >= 0.3 is 6.18 Å². The third-order valence-corrected chi connectivity index (χ3v) is 5.06. The zero-order valence-corrected chi connectivity index (χ0v) is 13.1. The largest absolute Gasteiger partial charge is 0.418 e. The van der Waals surface area contributed by atoms with Crippen LogP contribution in [-0.2, 0) is 11.0 Å². The maximum absolute atomic E-state index is 13.3. The molecule has 2 aromatic rings. The Kier molecular flexibility index (Phi) is 4.10. The van der Waals surface area contributed by atoms with Gasteiger partial charge in [0.1, 0.15) is 5.37 Å². The summed E-state index contributed by atoms with van der Waals surface area (Å²) in [7, 11) is 0. The number of hydrogen-bond donors (Lipinski definition) is 0. The van der Waals surface area contributed by atoms with Gasteiger partial charge in [-0.05, 0) is 24.6 Å². The Hall–Kier alpha value is -1.95. The molecule has 1 fully saturated rings. The summed E-state index contributed by atoms with van der Waals surface area (Å²) < 4.78 is 39.9. The van der Waals surface area contributed by atoms with Gasteiger partial charge in [0.25, 0.3) is 0 Å². The fraction of sp³-hybridized carbons (Fsp3) is 0.235. The molecule has 0 N–H and O–H groups in total. The van der Waals surface area contributed by atoms with Gasteiger partial charge in [-0.1, -0.05) is 42.5 Å². The van der Waals surface area contributed by atoms with Crippen LogP contribution in [0.25, 0.3) is 0 Å². The zero-order chi connectivity index (χ0) is 16.6. The third kappa shape index (κ3) is 2.95. The molecule has 1 aliphatic rings. The van der Waals surface area contributed by atoms with Crippen LogP contribution in [0.1, 0.15) is 23.4 Å². The minimum absolute atomic E-state index is 0.0873. The lowest BCUT2D eigenvalue weighted by molar-refractivity contribution is -0.137. The Morgan fingerprint density at radius 2 is 1.61 bits per heavy atom. The normalized spacial score (nSPS) is 21.7. The van der Waals surface area contributed by atoms with Gasteiger partial charge in [-0.2, -0.15) is 13.2 Å². The van der Waals surface area contributed by atoms with Gasteiger partial charge < -0.3 is 0 Å². The van der Waals surface area contributed by atoms with Crippen LogP contribution in [0.5, 0.6) is 0 Å². The summed E-state index contributed by atoms with van der Waals surface area (Å²) >= 11 is 1.36. The lowest BCUT2D eigenvalue weighted by atomic mass is 10.1. The monoisotopic (exact) mass is 337 g/mol. The number of amides is 1. The topological polar surface area (TPSA) is 20.3 Å². The third-order valence-electron chi connectivity index (χ3n) is 3.71. The van der Waals surface area contributed by atoms with E-state index >= 15 is 0 Å². The second-order valence-electron chi connectivity index (χ2n) is 5.26. The van der Waals surface area contributed by atoms with E-state index in [4.69, 9.17) is 0 Å². The molecule has 0 aromatic heterocycles. The summed E-state index contributed by atoms with van der Waals surface area (Å²) in [6.45, 7) is 1.72. The van der Waals surface area contributed by atoms with Crippen LogP contribution in [0.3, 0.4) is 0 Å². The summed E-state index contributed by atoms with van der Waals surface area (Å²) in [6.07, 6.45) is -4.51. The molecule has 0 radical (unpaired) electrons. The quantitative estimate of drug-likeness (QED) is 0.779. The number of para-hydroxylation sites is 1. The molecular weight excluding hydrogens is 323 g/mol. The fourth-order valence-corrected chi connectivity index (χ4v) is 3.91. The molecular formula is C17H14F3NOS. The van der Waals surface area contributed by atoms with E-state index in [1.54, 1.807) is 6.92 Å². The summed E-state index contributed by atoms with van der Waals surface area (Å²) in [5.41, 5.74) is -0.0631. The summed E-state index contributed by atoms with van der Waals surface area (Å²) in [6, 6.07) is 14.3. The second kappa shape index (κ2) is 5.92. The molecule has 0 aliphatic carbocycles. The van der Waals surface area contributed by atoms with E-state index in [-0.39, 0.29) is 16.8 Å². The van der Waals surface area contributed by atoms with Crippen molar-refractivity contribution in [1.29, 1.82) is 0 Å². The average molecular weight is 337 g/mol. The number of halogens is 3. The standard InChI is InChI=1S/C17H14F3NOS/c1-11-15(22)21(16(23-11)12-7-3-2-4-8-12)14-10-6-5-9-13(14)17(18,19)20/h2-11,16H,1H3. The number of alkyl halides is 3. The molecule has 1 aliphatic heterocycles. The Bertz CT molecular complexity index is 717. The number of benzene rings is 2. The second-order valence-corrected chi connectivity index (χ2v) is 6.69. The van der Waals surface area contributed by atoms with Crippen molar-refractivity contribution in [1.82, 2.24) is 0 Å².